The van der Waals surface area contributed by atoms with E-state index in [0.717, 1.165) is 0 Å². The van der Waals surface area contributed by atoms with Crippen LogP contribution in [0.2, 0.25) is 0 Å². The quantitative estimate of drug-likeness (QED) is 0.698. The number of Topliss-reactive ketones (excluding diaryl/α,β-unsaturated/α-hetero) is 1. The molecule has 0 fully saturated rings. The van der Waals surface area contributed by atoms with E-state index in [9.17, 15) is 14.7 Å². The van der Waals surface area contributed by atoms with Gasteiger partial charge in [0.1, 0.15) is 17.1 Å². The Labute approximate surface area is 136 Å². The summed E-state index contributed by atoms with van der Waals surface area (Å²) in [5.41, 5.74) is 1.34. The third kappa shape index (κ3) is 2.94. The van der Waals surface area contributed by atoms with Gasteiger partial charge in [0.15, 0.2) is 5.78 Å². The minimum absolute atomic E-state index is 0.0728. The second-order valence-electron chi connectivity index (χ2n) is 5.27. The van der Waals surface area contributed by atoms with Crippen molar-refractivity contribution in [2.24, 2.45) is 0 Å². The maximum atomic E-state index is 12.4. The molecule has 0 saturated carbocycles. The van der Waals surface area contributed by atoms with Crippen molar-refractivity contribution in [3.63, 3.8) is 0 Å². The number of hydrogen-bond donors (Lipinski definition) is 2. The van der Waals surface area contributed by atoms with Crippen molar-refractivity contribution in [2.75, 3.05) is 7.11 Å². The molecule has 1 aromatic heterocycles. The van der Waals surface area contributed by atoms with Crippen LogP contribution in [0.1, 0.15) is 26.5 Å². The molecule has 122 valence electrons. The molecule has 24 heavy (non-hydrogen) atoms. The summed E-state index contributed by atoms with van der Waals surface area (Å²) in [4.78, 5) is 23.3. The number of phenolic OH excluding ortho intramolecular Hbond substituents is 1. The van der Waals surface area contributed by atoms with Crippen molar-refractivity contribution in [2.45, 2.75) is 6.42 Å². The van der Waals surface area contributed by atoms with E-state index in [2.05, 4.69) is 0 Å². The van der Waals surface area contributed by atoms with Gasteiger partial charge in [-0.3, -0.25) is 4.79 Å². The summed E-state index contributed by atoms with van der Waals surface area (Å²) in [5.74, 6) is -1.23. The Morgan fingerprint density at radius 2 is 1.92 bits per heavy atom. The highest BCUT2D eigenvalue weighted by atomic mass is 16.5. The number of hydrogen-bond acceptors (Lipinski definition) is 5. The van der Waals surface area contributed by atoms with Crippen LogP contribution in [0, 0.1) is 0 Å². The van der Waals surface area contributed by atoms with Crippen molar-refractivity contribution in [1.82, 2.24) is 0 Å². The number of carbonyl (C=O) groups excluding carboxylic acids is 1. The molecule has 0 bridgehead atoms. The van der Waals surface area contributed by atoms with E-state index in [-0.39, 0.29) is 29.3 Å². The second-order valence-corrected chi connectivity index (χ2v) is 5.27. The smallest absolute Gasteiger partial charge is 0.371 e. The molecule has 0 radical (unpaired) electrons. The van der Waals surface area contributed by atoms with Crippen LogP contribution < -0.4 is 4.74 Å². The average Bonchev–Trinajstić information content (AvgIpc) is 2.98. The van der Waals surface area contributed by atoms with Crippen molar-refractivity contribution in [3.8, 4) is 11.5 Å². The Kier molecular flexibility index (Phi) is 3.95. The standard InChI is InChI=1S/C18H14O6/c1-23-12-3-4-13(15(20)9-12)14(19)7-10-2-5-16-11(6-10)8-17(24-16)18(21)22/h2-6,8-9,20H,7H2,1H3,(H,21,22). The van der Waals surface area contributed by atoms with E-state index in [1.54, 1.807) is 24.3 Å². The van der Waals surface area contributed by atoms with Gasteiger partial charge < -0.3 is 19.4 Å². The minimum Gasteiger partial charge on any atom is -0.507 e. The average molecular weight is 326 g/mol. The molecule has 3 rings (SSSR count). The monoisotopic (exact) mass is 326 g/mol. The Bertz CT molecular complexity index is 938. The maximum absolute atomic E-state index is 12.4. The molecule has 0 spiro atoms. The van der Waals surface area contributed by atoms with Crippen LogP contribution in [0.3, 0.4) is 0 Å². The maximum Gasteiger partial charge on any atom is 0.371 e. The number of furan rings is 1. The van der Waals surface area contributed by atoms with E-state index in [1.807, 2.05) is 0 Å². The van der Waals surface area contributed by atoms with Gasteiger partial charge in [-0.1, -0.05) is 6.07 Å². The fourth-order valence-electron chi connectivity index (χ4n) is 2.46. The predicted octanol–water partition coefficient (Wildman–Crippen LogP) is 3.27. The lowest BCUT2D eigenvalue weighted by atomic mass is 10.0. The first-order valence-electron chi connectivity index (χ1n) is 7.14. The number of benzene rings is 2. The number of ketones is 1. The van der Waals surface area contributed by atoms with Crippen molar-refractivity contribution in [1.29, 1.82) is 0 Å². The molecule has 0 aliphatic heterocycles. The Morgan fingerprint density at radius 1 is 1.12 bits per heavy atom. The van der Waals surface area contributed by atoms with E-state index < -0.39 is 5.97 Å². The Hall–Kier alpha value is -3.28. The van der Waals surface area contributed by atoms with Crippen LogP contribution >= 0.6 is 0 Å². The van der Waals surface area contributed by atoms with Crippen LogP contribution in [0.15, 0.2) is 46.9 Å². The summed E-state index contributed by atoms with van der Waals surface area (Å²) in [6, 6.07) is 10.9. The van der Waals surface area contributed by atoms with Crippen LogP contribution in [0.25, 0.3) is 11.0 Å². The number of carboxylic acids is 1. The summed E-state index contributed by atoms with van der Waals surface area (Å²) in [6.45, 7) is 0. The first-order chi connectivity index (χ1) is 11.5. The zero-order valence-corrected chi connectivity index (χ0v) is 12.8. The van der Waals surface area contributed by atoms with Gasteiger partial charge in [-0.2, -0.15) is 0 Å². The van der Waals surface area contributed by atoms with E-state index in [0.29, 0.717) is 22.3 Å². The first kappa shape index (κ1) is 15.6. The van der Waals surface area contributed by atoms with Gasteiger partial charge in [0.2, 0.25) is 5.76 Å². The molecule has 0 aliphatic rings. The van der Waals surface area contributed by atoms with Crippen LogP contribution in [-0.4, -0.2) is 29.1 Å². The number of phenols is 1. The zero-order valence-electron chi connectivity index (χ0n) is 12.8. The normalized spacial score (nSPS) is 10.7. The molecule has 2 N–H and O–H groups in total. The molecule has 0 amide bonds. The molecule has 0 aliphatic carbocycles. The van der Waals surface area contributed by atoms with Gasteiger partial charge in [-0.15, -0.1) is 0 Å². The second kappa shape index (κ2) is 6.08. The Morgan fingerprint density at radius 3 is 2.58 bits per heavy atom. The number of rotatable bonds is 5. The number of carboxylic acid groups (broad SMARTS) is 1. The van der Waals surface area contributed by atoms with E-state index in [1.165, 1.54) is 25.3 Å². The molecule has 6 nitrogen and oxygen atoms in total. The molecular weight excluding hydrogens is 312 g/mol. The number of ether oxygens (including phenoxy) is 1. The SMILES string of the molecule is COc1ccc(C(=O)Cc2ccc3oc(C(=O)O)cc3c2)c(O)c1. The van der Waals surface area contributed by atoms with Gasteiger partial charge in [0, 0.05) is 17.9 Å². The van der Waals surface area contributed by atoms with Gasteiger partial charge in [0.25, 0.3) is 0 Å². The lowest BCUT2D eigenvalue weighted by molar-refractivity contribution is 0.0664. The lowest BCUT2D eigenvalue weighted by Gasteiger charge is -2.06. The number of fused-ring (bicyclic) bond motifs is 1. The highest BCUT2D eigenvalue weighted by Crippen LogP contribution is 2.26. The highest BCUT2D eigenvalue weighted by Gasteiger charge is 2.15. The zero-order chi connectivity index (χ0) is 17.3. The summed E-state index contributed by atoms with van der Waals surface area (Å²) in [5, 5.41) is 19.5. The molecule has 3 aromatic rings. The summed E-state index contributed by atoms with van der Waals surface area (Å²) in [6.07, 6.45) is 0.0728. The third-order valence-corrected chi connectivity index (χ3v) is 3.66. The molecule has 2 aromatic carbocycles. The van der Waals surface area contributed by atoms with Gasteiger partial charge >= 0.3 is 5.97 Å². The van der Waals surface area contributed by atoms with E-state index in [4.69, 9.17) is 14.3 Å². The summed E-state index contributed by atoms with van der Waals surface area (Å²) in [7, 11) is 1.47. The molecule has 0 unspecified atom stereocenters. The van der Waals surface area contributed by atoms with Crippen LogP contribution in [-0.2, 0) is 6.42 Å². The molecule has 0 saturated heterocycles. The van der Waals surface area contributed by atoms with Crippen molar-refractivity contribution >= 4 is 22.7 Å². The number of carbonyl (C=O) groups is 2. The predicted molar refractivity (Wildman–Crippen MR) is 85.9 cm³/mol. The third-order valence-electron chi connectivity index (χ3n) is 3.66. The number of aromatic carboxylic acids is 1. The minimum atomic E-state index is -1.15. The van der Waals surface area contributed by atoms with Gasteiger partial charge in [-0.25, -0.2) is 4.79 Å². The number of aromatic hydroxyl groups is 1. The van der Waals surface area contributed by atoms with Crippen molar-refractivity contribution in [3.05, 3.63) is 59.4 Å². The van der Waals surface area contributed by atoms with Crippen LogP contribution in [0.5, 0.6) is 11.5 Å². The summed E-state index contributed by atoms with van der Waals surface area (Å²) >= 11 is 0. The van der Waals surface area contributed by atoms with Gasteiger partial charge in [0.05, 0.1) is 12.7 Å². The van der Waals surface area contributed by atoms with Gasteiger partial charge in [-0.05, 0) is 35.9 Å². The Balaban J connectivity index is 1.86. The topological polar surface area (TPSA) is 97.0 Å². The van der Waals surface area contributed by atoms with Crippen LogP contribution in [0.4, 0.5) is 0 Å². The summed E-state index contributed by atoms with van der Waals surface area (Å²) < 4.78 is 10.2. The fourth-order valence-corrected chi connectivity index (χ4v) is 2.46. The molecule has 1 heterocycles. The fraction of sp³-hybridized carbons (Fsp3) is 0.111. The lowest BCUT2D eigenvalue weighted by Crippen LogP contribution is -2.04. The first-order valence-corrected chi connectivity index (χ1v) is 7.14. The molecular formula is C18H14O6. The largest absolute Gasteiger partial charge is 0.507 e. The molecule has 6 heteroatoms. The highest BCUT2D eigenvalue weighted by molar-refractivity contribution is 6.00. The number of methoxy groups -OCH3 is 1. The van der Waals surface area contributed by atoms with E-state index >= 15 is 0 Å². The molecule has 0 atom stereocenters. The van der Waals surface area contributed by atoms with Crippen molar-refractivity contribution < 1.29 is 29.0 Å².